The van der Waals surface area contributed by atoms with Gasteiger partial charge < -0.3 is 10.6 Å². The molecule has 1 aromatic carbocycles. The SMILES string of the molecule is Cc1cccc(C(=O)N[C@@H](CCS(C)(=O)=O)C(=O)N[C@@H](C)c2cc(C)sc2C)c1. The molecule has 0 unspecified atom stereocenters. The Bertz CT molecular complexity index is 996. The van der Waals surface area contributed by atoms with E-state index in [1.54, 1.807) is 29.5 Å². The van der Waals surface area contributed by atoms with Gasteiger partial charge in [-0.1, -0.05) is 17.7 Å². The zero-order valence-electron chi connectivity index (χ0n) is 17.4. The maximum atomic E-state index is 12.9. The van der Waals surface area contributed by atoms with Crippen molar-refractivity contribution in [2.75, 3.05) is 12.0 Å². The van der Waals surface area contributed by atoms with Crippen LogP contribution < -0.4 is 10.6 Å². The average Bonchev–Trinajstić information content (AvgIpc) is 2.95. The number of carbonyl (C=O) groups is 2. The molecule has 2 atom stereocenters. The number of hydrogen-bond acceptors (Lipinski definition) is 5. The second-order valence-corrected chi connectivity index (χ2v) is 11.1. The molecule has 0 spiro atoms. The molecule has 0 aliphatic rings. The molecule has 158 valence electrons. The summed E-state index contributed by atoms with van der Waals surface area (Å²) in [5.74, 6) is -0.993. The monoisotopic (exact) mass is 436 g/mol. The summed E-state index contributed by atoms with van der Waals surface area (Å²) in [5, 5.41) is 5.61. The van der Waals surface area contributed by atoms with Crippen molar-refractivity contribution in [2.24, 2.45) is 0 Å². The van der Waals surface area contributed by atoms with E-state index in [1.165, 1.54) is 0 Å². The lowest BCUT2D eigenvalue weighted by Crippen LogP contribution is -2.48. The number of amides is 2. The van der Waals surface area contributed by atoms with E-state index in [9.17, 15) is 18.0 Å². The number of aryl methyl sites for hydroxylation is 3. The molecule has 8 heteroatoms. The van der Waals surface area contributed by atoms with Crippen molar-refractivity contribution in [1.82, 2.24) is 10.6 Å². The normalized spacial score (nSPS) is 13.6. The van der Waals surface area contributed by atoms with Gasteiger partial charge in [0.05, 0.1) is 11.8 Å². The summed E-state index contributed by atoms with van der Waals surface area (Å²) in [6.07, 6.45) is 1.13. The molecule has 29 heavy (non-hydrogen) atoms. The van der Waals surface area contributed by atoms with E-state index in [1.807, 2.05) is 39.8 Å². The predicted octanol–water partition coefficient (Wildman–Crippen LogP) is 3.08. The largest absolute Gasteiger partial charge is 0.348 e. The van der Waals surface area contributed by atoms with Crippen LogP contribution >= 0.6 is 11.3 Å². The van der Waals surface area contributed by atoms with Crippen LogP contribution in [0.3, 0.4) is 0 Å². The summed E-state index contributed by atoms with van der Waals surface area (Å²) in [5.41, 5.74) is 2.37. The van der Waals surface area contributed by atoms with Crippen molar-refractivity contribution in [3.05, 3.63) is 56.8 Å². The average molecular weight is 437 g/mol. The van der Waals surface area contributed by atoms with E-state index in [0.717, 1.165) is 27.1 Å². The fourth-order valence-electron chi connectivity index (χ4n) is 3.10. The Labute approximate surface area is 176 Å². The highest BCUT2D eigenvalue weighted by atomic mass is 32.2. The van der Waals surface area contributed by atoms with Crippen molar-refractivity contribution in [3.8, 4) is 0 Å². The second kappa shape index (κ2) is 9.54. The Hall–Kier alpha value is -2.19. The van der Waals surface area contributed by atoms with E-state index in [2.05, 4.69) is 10.6 Å². The number of carbonyl (C=O) groups excluding carboxylic acids is 2. The van der Waals surface area contributed by atoms with Crippen molar-refractivity contribution in [3.63, 3.8) is 0 Å². The minimum absolute atomic E-state index is 0.0105. The van der Waals surface area contributed by atoms with Crippen LogP contribution in [0.4, 0.5) is 0 Å². The lowest BCUT2D eigenvalue weighted by molar-refractivity contribution is -0.123. The highest BCUT2D eigenvalue weighted by Gasteiger charge is 2.25. The fourth-order valence-corrected chi connectivity index (χ4v) is 4.79. The Morgan fingerprint density at radius 2 is 1.79 bits per heavy atom. The molecule has 1 heterocycles. The summed E-state index contributed by atoms with van der Waals surface area (Å²) in [6, 6.07) is 7.86. The van der Waals surface area contributed by atoms with E-state index >= 15 is 0 Å². The fraction of sp³-hybridized carbons (Fsp3) is 0.429. The van der Waals surface area contributed by atoms with E-state index in [4.69, 9.17) is 0 Å². The molecule has 0 saturated carbocycles. The number of benzene rings is 1. The van der Waals surface area contributed by atoms with Crippen LogP contribution in [0.15, 0.2) is 30.3 Å². The molecule has 2 aromatic rings. The first-order valence-corrected chi connectivity index (χ1v) is 12.3. The minimum atomic E-state index is -3.27. The molecule has 0 bridgehead atoms. The van der Waals surface area contributed by atoms with Crippen LogP contribution in [-0.4, -0.2) is 38.3 Å². The molecule has 2 rings (SSSR count). The van der Waals surface area contributed by atoms with Gasteiger partial charge in [-0.2, -0.15) is 0 Å². The van der Waals surface area contributed by atoms with Crippen molar-refractivity contribution < 1.29 is 18.0 Å². The van der Waals surface area contributed by atoms with Crippen molar-refractivity contribution in [1.29, 1.82) is 0 Å². The third-order valence-electron chi connectivity index (χ3n) is 4.58. The van der Waals surface area contributed by atoms with Crippen molar-refractivity contribution >= 4 is 33.0 Å². The highest BCUT2D eigenvalue weighted by molar-refractivity contribution is 7.90. The van der Waals surface area contributed by atoms with Crippen LogP contribution in [0.25, 0.3) is 0 Å². The van der Waals surface area contributed by atoms with Gasteiger partial charge in [0.2, 0.25) is 5.91 Å². The predicted molar refractivity (Wildman–Crippen MR) is 117 cm³/mol. The van der Waals surface area contributed by atoms with Crippen LogP contribution in [0.2, 0.25) is 0 Å². The Balaban J connectivity index is 2.16. The van der Waals surface area contributed by atoms with Gasteiger partial charge >= 0.3 is 0 Å². The summed E-state index contributed by atoms with van der Waals surface area (Å²) in [6.45, 7) is 7.75. The maximum Gasteiger partial charge on any atom is 0.251 e. The number of hydrogen-bond donors (Lipinski definition) is 2. The first-order valence-electron chi connectivity index (χ1n) is 9.39. The first-order chi connectivity index (χ1) is 13.5. The van der Waals surface area contributed by atoms with Gasteiger partial charge in [-0.3, -0.25) is 9.59 Å². The van der Waals surface area contributed by atoms with Gasteiger partial charge in [-0.25, -0.2) is 8.42 Å². The number of thiophene rings is 1. The molecular weight excluding hydrogens is 408 g/mol. The van der Waals surface area contributed by atoms with E-state index in [0.29, 0.717) is 5.56 Å². The lowest BCUT2D eigenvalue weighted by atomic mass is 10.1. The molecule has 1 aromatic heterocycles. The molecule has 0 radical (unpaired) electrons. The van der Waals surface area contributed by atoms with Gasteiger partial charge in [0, 0.05) is 21.6 Å². The minimum Gasteiger partial charge on any atom is -0.348 e. The van der Waals surface area contributed by atoms with Crippen LogP contribution in [0.1, 0.15) is 50.6 Å². The molecule has 6 nitrogen and oxygen atoms in total. The Morgan fingerprint density at radius 3 is 2.34 bits per heavy atom. The molecule has 0 aliphatic carbocycles. The van der Waals surface area contributed by atoms with Gasteiger partial charge in [0.15, 0.2) is 0 Å². The molecule has 2 amide bonds. The molecule has 0 aliphatic heterocycles. The van der Waals surface area contributed by atoms with E-state index < -0.39 is 27.7 Å². The molecule has 0 saturated heterocycles. The number of sulfone groups is 1. The first kappa shape index (κ1) is 23.1. The molecular formula is C21H28N2O4S2. The second-order valence-electron chi connectivity index (χ2n) is 7.41. The summed E-state index contributed by atoms with van der Waals surface area (Å²) >= 11 is 1.66. The quantitative estimate of drug-likeness (QED) is 0.665. The van der Waals surface area contributed by atoms with Crippen molar-refractivity contribution in [2.45, 2.75) is 46.2 Å². The van der Waals surface area contributed by atoms with Gasteiger partial charge in [-0.05, 0) is 57.9 Å². The summed E-state index contributed by atoms with van der Waals surface area (Å²) < 4.78 is 23.2. The number of rotatable bonds is 8. The third-order valence-corrected chi connectivity index (χ3v) is 6.54. The third kappa shape index (κ3) is 6.97. The maximum absolute atomic E-state index is 12.9. The summed E-state index contributed by atoms with van der Waals surface area (Å²) in [4.78, 5) is 27.8. The van der Waals surface area contributed by atoms with E-state index in [-0.39, 0.29) is 18.2 Å². The van der Waals surface area contributed by atoms with Crippen LogP contribution in [0.5, 0.6) is 0 Å². The number of nitrogens with one attached hydrogen (secondary N) is 2. The zero-order chi connectivity index (χ0) is 21.8. The smallest absolute Gasteiger partial charge is 0.251 e. The Kier molecular flexibility index (Phi) is 7.60. The highest BCUT2D eigenvalue weighted by Crippen LogP contribution is 2.26. The molecule has 0 fully saturated rings. The van der Waals surface area contributed by atoms with Gasteiger partial charge in [0.25, 0.3) is 5.91 Å². The Morgan fingerprint density at radius 1 is 1.10 bits per heavy atom. The lowest BCUT2D eigenvalue weighted by Gasteiger charge is -2.21. The van der Waals surface area contributed by atoms with Crippen LogP contribution in [0, 0.1) is 20.8 Å². The topological polar surface area (TPSA) is 92.3 Å². The van der Waals surface area contributed by atoms with Gasteiger partial charge in [0.1, 0.15) is 15.9 Å². The standard InChI is InChI=1S/C21H28N2O4S2/c1-13-7-6-8-17(11-13)20(24)23-19(9-10-29(5,26)27)21(25)22-15(3)18-12-14(2)28-16(18)4/h6-8,11-12,15,19H,9-10H2,1-5H3,(H,22,25)(H,23,24)/t15-,19-/m0/s1. The molecule has 2 N–H and O–H groups in total. The summed E-state index contributed by atoms with van der Waals surface area (Å²) in [7, 11) is -3.27. The van der Waals surface area contributed by atoms with Gasteiger partial charge in [-0.15, -0.1) is 11.3 Å². The van der Waals surface area contributed by atoms with Crippen LogP contribution in [-0.2, 0) is 14.6 Å². The zero-order valence-corrected chi connectivity index (χ0v) is 19.0.